The van der Waals surface area contributed by atoms with E-state index < -0.39 is 17.4 Å². The Labute approximate surface area is 106 Å². The number of unbranched alkanes of at least 4 members (excludes halogenated alkanes) is 1. The number of ether oxygens (including phenoxy) is 1. The summed E-state index contributed by atoms with van der Waals surface area (Å²) in [4.78, 5) is 23.4. The lowest BCUT2D eigenvalue weighted by molar-refractivity contribution is -0.153. The van der Waals surface area contributed by atoms with Gasteiger partial charge in [0, 0.05) is 5.56 Å². The molecule has 0 spiro atoms. The number of ketones is 1. The predicted molar refractivity (Wildman–Crippen MR) is 66.2 cm³/mol. The zero-order valence-electron chi connectivity index (χ0n) is 10.6. The van der Waals surface area contributed by atoms with Crippen LogP contribution < -0.4 is 0 Å². The van der Waals surface area contributed by atoms with Crippen LogP contribution in [-0.4, -0.2) is 24.0 Å². The molecule has 0 amide bonds. The molecule has 3 nitrogen and oxygen atoms in total. The number of hydrogen-bond donors (Lipinski definition) is 0. The summed E-state index contributed by atoms with van der Waals surface area (Å²) in [5, 5.41) is 0. The third-order valence-electron chi connectivity index (χ3n) is 2.58. The number of halogens is 1. The van der Waals surface area contributed by atoms with Gasteiger partial charge in [0.15, 0.2) is 0 Å². The van der Waals surface area contributed by atoms with Crippen LogP contribution in [0, 0.1) is 0 Å². The molecule has 0 unspecified atom stereocenters. The zero-order valence-corrected chi connectivity index (χ0v) is 10.6. The Hall–Kier alpha value is -1.71. The number of esters is 1. The van der Waals surface area contributed by atoms with Gasteiger partial charge in [0.2, 0.25) is 5.78 Å². The molecule has 0 N–H and O–H groups in total. The monoisotopic (exact) mass is 252 g/mol. The van der Waals surface area contributed by atoms with Crippen molar-refractivity contribution in [2.45, 2.75) is 32.4 Å². The van der Waals surface area contributed by atoms with Crippen molar-refractivity contribution in [3.63, 3.8) is 0 Å². The molecule has 0 bridgehead atoms. The van der Waals surface area contributed by atoms with Gasteiger partial charge < -0.3 is 4.74 Å². The van der Waals surface area contributed by atoms with Gasteiger partial charge in [-0.15, -0.1) is 0 Å². The molecule has 18 heavy (non-hydrogen) atoms. The van der Waals surface area contributed by atoms with Gasteiger partial charge in [-0.3, -0.25) is 4.79 Å². The van der Waals surface area contributed by atoms with Gasteiger partial charge in [0.25, 0.3) is 5.67 Å². The molecule has 0 saturated carbocycles. The molecule has 0 aliphatic rings. The topological polar surface area (TPSA) is 43.4 Å². The molecule has 98 valence electrons. The van der Waals surface area contributed by atoms with E-state index in [-0.39, 0.29) is 12.2 Å². The number of hydrogen-bond acceptors (Lipinski definition) is 3. The highest BCUT2D eigenvalue weighted by Crippen LogP contribution is 2.19. The minimum Gasteiger partial charge on any atom is -0.463 e. The van der Waals surface area contributed by atoms with E-state index >= 15 is 0 Å². The van der Waals surface area contributed by atoms with Crippen LogP contribution in [0.25, 0.3) is 0 Å². The number of Topliss-reactive ketones (excluding diaryl/α,β-unsaturated/α-hetero) is 1. The van der Waals surface area contributed by atoms with Crippen molar-refractivity contribution in [3.05, 3.63) is 35.9 Å². The molecule has 0 aliphatic heterocycles. The smallest absolute Gasteiger partial charge is 0.351 e. The van der Waals surface area contributed by atoms with Crippen molar-refractivity contribution in [1.29, 1.82) is 0 Å². The maximum atomic E-state index is 14.2. The first-order valence-electron chi connectivity index (χ1n) is 5.96. The molecule has 0 fully saturated rings. The largest absolute Gasteiger partial charge is 0.463 e. The van der Waals surface area contributed by atoms with Crippen molar-refractivity contribution in [2.24, 2.45) is 0 Å². The van der Waals surface area contributed by atoms with E-state index in [4.69, 9.17) is 4.74 Å². The van der Waals surface area contributed by atoms with Crippen LogP contribution >= 0.6 is 0 Å². The Kier molecular flexibility index (Phi) is 5.01. The van der Waals surface area contributed by atoms with Gasteiger partial charge in [0.05, 0.1) is 6.61 Å². The summed E-state index contributed by atoms with van der Waals surface area (Å²) in [6.45, 7) is 3.01. The molecule has 0 aromatic heterocycles. The van der Waals surface area contributed by atoms with Crippen LogP contribution in [-0.2, 0) is 9.53 Å². The summed E-state index contributed by atoms with van der Waals surface area (Å²) >= 11 is 0. The first-order valence-corrected chi connectivity index (χ1v) is 5.96. The van der Waals surface area contributed by atoms with E-state index in [1.165, 1.54) is 12.1 Å². The molecule has 1 rings (SSSR count). The van der Waals surface area contributed by atoms with Crippen molar-refractivity contribution in [1.82, 2.24) is 0 Å². The summed E-state index contributed by atoms with van der Waals surface area (Å²) < 4.78 is 18.9. The van der Waals surface area contributed by atoms with Gasteiger partial charge in [0.1, 0.15) is 0 Å². The number of alkyl halides is 1. The van der Waals surface area contributed by atoms with Crippen LogP contribution in [0.3, 0.4) is 0 Å². The van der Waals surface area contributed by atoms with Gasteiger partial charge in [-0.2, -0.15) is 0 Å². The third kappa shape index (κ3) is 3.39. The van der Waals surface area contributed by atoms with Crippen molar-refractivity contribution >= 4 is 11.8 Å². The molecular weight excluding hydrogens is 235 g/mol. The highest BCUT2D eigenvalue weighted by atomic mass is 19.1. The fourth-order valence-electron chi connectivity index (χ4n) is 1.40. The Bertz CT molecular complexity index is 412. The van der Waals surface area contributed by atoms with E-state index in [0.717, 1.165) is 13.3 Å². The predicted octanol–water partition coefficient (Wildman–Crippen LogP) is 2.94. The maximum Gasteiger partial charge on any atom is 0.351 e. The first kappa shape index (κ1) is 14.4. The average molecular weight is 252 g/mol. The highest BCUT2D eigenvalue weighted by Gasteiger charge is 2.43. The second kappa shape index (κ2) is 6.28. The summed E-state index contributed by atoms with van der Waals surface area (Å²) in [5.41, 5.74) is -2.47. The van der Waals surface area contributed by atoms with Crippen LogP contribution in [0.2, 0.25) is 0 Å². The van der Waals surface area contributed by atoms with E-state index in [0.29, 0.717) is 6.42 Å². The Morgan fingerprint density at radius 2 is 1.89 bits per heavy atom. The van der Waals surface area contributed by atoms with Crippen LogP contribution in [0.5, 0.6) is 0 Å². The van der Waals surface area contributed by atoms with E-state index in [1.54, 1.807) is 18.2 Å². The average Bonchev–Trinajstić information content (AvgIpc) is 2.39. The van der Waals surface area contributed by atoms with Gasteiger partial charge in [-0.25, -0.2) is 9.18 Å². The minimum atomic E-state index is -2.63. The molecular formula is C14H17FO3. The number of carbonyl (C=O) groups is 2. The number of benzene rings is 1. The Balaban J connectivity index is 2.73. The molecule has 0 radical (unpaired) electrons. The second-order valence-corrected chi connectivity index (χ2v) is 4.19. The highest BCUT2D eigenvalue weighted by molar-refractivity contribution is 6.14. The summed E-state index contributed by atoms with van der Waals surface area (Å²) in [6.07, 6.45) is 1.49. The zero-order chi connectivity index (χ0) is 13.6. The van der Waals surface area contributed by atoms with E-state index in [1.807, 2.05) is 6.92 Å². The summed E-state index contributed by atoms with van der Waals surface area (Å²) in [7, 11) is 0. The minimum absolute atomic E-state index is 0.136. The summed E-state index contributed by atoms with van der Waals surface area (Å²) in [5.74, 6) is -1.99. The fourth-order valence-corrected chi connectivity index (χ4v) is 1.40. The number of carbonyl (C=O) groups excluding carboxylic acids is 2. The third-order valence-corrected chi connectivity index (χ3v) is 2.58. The van der Waals surface area contributed by atoms with Crippen LogP contribution in [0.1, 0.15) is 37.0 Å². The molecule has 4 heteroatoms. The number of rotatable bonds is 6. The molecule has 0 saturated heterocycles. The molecule has 1 aromatic carbocycles. The molecule has 1 atom stereocenters. The van der Waals surface area contributed by atoms with E-state index in [2.05, 4.69) is 0 Å². The quantitative estimate of drug-likeness (QED) is 0.338. The van der Waals surface area contributed by atoms with Gasteiger partial charge >= 0.3 is 5.97 Å². The van der Waals surface area contributed by atoms with Gasteiger partial charge in [-0.05, 0) is 13.3 Å². The lowest BCUT2D eigenvalue weighted by atomic mass is 9.96. The first-order chi connectivity index (χ1) is 8.50. The maximum absolute atomic E-state index is 14.2. The standard InChI is InChI=1S/C14H17FO3/c1-3-4-10-18-13(17)14(2,15)12(16)11-8-6-5-7-9-11/h5-9H,3-4,10H2,1-2H3/t14-/m0/s1. The molecule has 0 aliphatic carbocycles. The lowest BCUT2D eigenvalue weighted by Crippen LogP contribution is -2.40. The Morgan fingerprint density at radius 3 is 2.44 bits per heavy atom. The van der Waals surface area contributed by atoms with Crippen molar-refractivity contribution in [3.8, 4) is 0 Å². The lowest BCUT2D eigenvalue weighted by Gasteiger charge is -2.17. The van der Waals surface area contributed by atoms with E-state index in [9.17, 15) is 14.0 Å². The SMILES string of the molecule is CCCCOC(=O)[C@@](C)(F)C(=O)c1ccccc1. The second-order valence-electron chi connectivity index (χ2n) is 4.19. The Morgan fingerprint density at radius 1 is 1.28 bits per heavy atom. The molecule has 0 heterocycles. The molecule has 1 aromatic rings. The normalized spacial score (nSPS) is 13.7. The van der Waals surface area contributed by atoms with Crippen LogP contribution in [0.4, 0.5) is 4.39 Å². The van der Waals surface area contributed by atoms with Gasteiger partial charge in [-0.1, -0.05) is 43.7 Å². The summed E-state index contributed by atoms with van der Waals surface area (Å²) in [6, 6.07) is 7.89. The van der Waals surface area contributed by atoms with Crippen LogP contribution in [0.15, 0.2) is 30.3 Å². The van der Waals surface area contributed by atoms with Crippen molar-refractivity contribution < 1.29 is 18.7 Å². The fraction of sp³-hybridized carbons (Fsp3) is 0.429. The van der Waals surface area contributed by atoms with Crippen molar-refractivity contribution in [2.75, 3.05) is 6.61 Å².